The number of methoxy groups -OCH3 is 1. The molecule has 7 rings (SSSR count). The minimum atomic E-state index is -0.805. The minimum absolute atomic E-state index is 0.327. The Balaban J connectivity index is 0.668. The van der Waals surface area contributed by atoms with E-state index in [1.807, 2.05) is 60.7 Å². The van der Waals surface area contributed by atoms with Crippen LogP contribution in [0, 0.1) is 0 Å². The molecule has 0 fully saturated rings. The molecule has 87 heavy (non-hydrogen) atoms. The van der Waals surface area contributed by atoms with Crippen LogP contribution in [0.15, 0.2) is 182 Å². The normalized spacial score (nSPS) is 10.8. The maximum absolute atomic E-state index is 13.0. The van der Waals surface area contributed by atoms with Crippen molar-refractivity contribution in [3.63, 3.8) is 0 Å². The molecule has 7 aromatic carbocycles. The van der Waals surface area contributed by atoms with Crippen molar-refractivity contribution in [1.29, 1.82) is 0 Å². The number of hydrogen-bond donors (Lipinski definition) is 13. The number of ether oxygens (including phenoxy) is 1. The first kappa shape index (κ1) is 66.2. The first-order valence-corrected chi connectivity index (χ1v) is 30.7. The van der Waals surface area contributed by atoms with Gasteiger partial charge in [-0.1, -0.05) is 170 Å². The number of carbonyl (C=O) groups is 2. The minimum Gasteiger partial charge on any atom is -0.467 e. The van der Waals surface area contributed by atoms with Gasteiger partial charge in [0, 0.05) is 90.5 Å². The molecule has 7 aromatic rings. The Morgan fingerprint density at radius 3 is 0.782 bits per heavy atom. The molecular formula is C65H73N13O3S6. The highest BCUT2D eigenvalue weighted by Crippen LogP contribution is 2.12. The maximum atomic E-state index is 13.0. The molecule has 0 radical (unpaired) electrons. The van der Waals surface area contributed by atoms with Gasteiger partial charge in [-0.2, -0.15) is 0 Å². The molecule has 0 aliphatic heterocycles. The van der Waals surface area contributed by atoms with E-state index >= 15 is 0 Å². The summed E-state index contributed by atoms with van der Waals surface area (Å²) in [5.41, 5.74) is 12.3. The van der Waals surface area contributed by atoms with Crippen LogP contribution >= 0.6 is 73.3 Å². The monoisotopic (exact) mass is 1280 g/mol. The van der Waals surface area contributed by atoms with Gasteiger partial charge in [0.05, 0.1) is 7.11 Å². The molecule has 0 saturated carbocycles. The lowest BCUT2D eigenvalue weighted by molar-refractivity contribution is -0.142. The zero-order valence-electron chi connectivity index (χ0n) is 48.3. The van der Waals surface area contributed by atoms with Crippen LogP contribution in [-0.2, 0) is 81.4 Å². The summed E-state index contributed by atoms with van der Waals surface area (Å²) < 4.78 is 4.93. The van der Waals surface area contributed by atoms with Crippen LogP contribution in [0.2, 0.25) is 0 Å². The van der Waals surface area contributed by atoms with E-state index in [1.165, 1.54) is 12.7 Å². The van der Waals surface area contributed by atoms with E-state index in [0.717, 1.165) is 55.6 Å². The molecule has 22 heteroatoms. The molecule has 1 amide bonds. The largest absolute Gasteiger partial charge is 0.467 e. The summed E-state index contributed by atoms with van der Waals surface area (Å²) in [5.74, 6) is -0.861. The Morgan fingerprint density at radius 1 is 0.310 bits per heavy atom. The second kappa shape index (κ2) is 36.6. The lowest BCUT2D eigenvalue weighted by Gasteiger charge is -2.17. The molecule has 0 aliphatic carbocycles. The van der Waals surface area contributed by atoms with Crippen LogP contribution in [-0.4, -0.2) is 68.8 Å². The molecule has 0 aromatic heterocycles. The lowest BCUT2D eigenvalue weighted by atomic mass is 10.1. The van der Waals surface area contributed by atoms with Gasteiger partial charge in [-0.25, -0.2) is 4.79 Å². The Labute approximate surface area is 542 Å². The predicted octanol–water partition coefficient (Wildman–Crippen LogP) is 7.49. The average molecular weight is 1280 g/mol. The summed E-state index contributed by atoms with van der Waals surface area (Å²) in [6.45, 7) is 7.12. The van der Waals surface area contributed by atoms with Crippen molar-refractivity contribution in [2.75, 3.05) is 20.2 Å². The van der Waals surface area contributed by atoms with E-state index in [9.17, 15) is 9.59 Å². The van der Waals surface area contributed by atoms with E-state index in [4.69, 9.17) is 78.0 Å². The molecule has 0 aliphatic rings. The van der Waals surface area contributed by atoms with Gasteiger partial charge >= 0.3 is 5.97 Å². The van der Waals surface area contributed by atoms with Crippen molar-refractivity contribution in [3.8, 4) is 0 Å². The third-order valence-corrected chi connectivity index (χ3v) is 15.2. The molecule has 0 unspecified atom stereocenters. The molecule has 0 saturated heterocycles. The smallest absolute Gasteiger partial charge is 0.328 e. The quantitative estimate of drug-likeness (QED) is 0.0131. The number of amides is 1. The first-order chi connectivity index (χ1) is 42.3. The van der Waals surface area contributed by atoms with Crippen LogP contribution in [0.1, 0.15) is 71.6 Å². The number of rotatable bonds is 28. The van der Waals surface area contributed by atoms with Gasteiger partial charge in [-0.15, -0.1) is 0 Å². The Hall–Kier alpha value is -8.38. The van der Waals surface area contributed by atoms with E-state index in [-0.39, 0.29) is 5.91 Å². The third kappa shape index (κ3) is 25.2. The number of hydrogen-bond acceptors (Lipinski definition) is 9. The number of carbonyl (C=O) groups excluding carboxylic acids is 2. The van der Waals surface area contributed by atoms with Crippen molar-refractivity contribution in [3.05, 3.63) is 249 Å². The fraction of sp³-hybridized carbons (Fsp3) is 0.231. The van der Waals surface area contributed by atoms with Crippen molar-refractivity contribution < 1.29 is 14.3 Å². The zero-order valence-corrected chi connectivity index (χ0v) is 53.2. The molecule has 452 valence electrons. The van der Waals surface area contributed by atoms with Crippen LogP contribution in [0.5, 0.6) is 0 Å². The Morgan fingerprint density at radius 2 is 0.529 bits per heavy atom. The summed E-state index contributed by atoms with van der Waals surface area (Å²) in [7, 11) is 1.31. The summed E-state index contributed by atoms with van der Waals surface area (Å²) >= 11 is 33.1. The highest BCUT2D eigenvalue weighted by atomic mass is 32.1. The van der Waals surface area contributed by atoms with E-state index in [2.05, 4.69) is 178 Å². The van der Waals surface area contributed by atoms with Crippen molar-refractivity contribution in [1.82, 2.24) is 69.1 Å². The van der Waals surface area contributed by atoms with Crippen molar-refractivity contribution >= 4 is 116 Å². The molecule has 16 nitrogen and oxygen atoms in total. The summed E-state index contributed by atoms with van der Waals surface area (Å²) in [5, 5.41) is 45.4. The van der Waals surface area contributed by atoms with Gasteiger partial charge in [-0.3, -0.25) is 4.79 Å². The Kier molecular flexibility index (Phi) is 27.8. The topological polar surface area (TPSA) is 200 Å². The van der Waals surface area contributed by atoms with Gasteiger partial charge < -0.3 is 73.9 Å². The zero-order chi connectivity index (χ0) is 61.4. The lowest BCUT2D eigenvalue weighted by Crippen LogP contribution is -2.43. The summed E-state index contributed by atoms with van der Waals surface area (Å²) in [6, 6.07) is 59.2. The highest BCUT2D eigenvalue weighted by Gasteiger charge is 2.23. The van der Waals surface area contributed by atoms with Gasteiger partial charge in [0.15, 0.2) is 30.7 Å². The van der Waals surface area contributed by atoms with Gasteiger partial charge in [-0.05, 0) is 147 Å². The van der Waals surface area contributed by atoms with Crippen LogP contribution in [0.25, 0.3) is 0 Å². The number of benzene rings is 7. The number of thiocarbonyl (C=S) groups is 6. The first-order valence-electron chi connectivity index (χ1n) is 28.3. The molecule has 13 N–H and O–H groups in total. The fourth-order valence-electron chi connectivity index (χ4n) is 8.45. The van der Waals surface area contributed by atoms with Crippen molar-refractivity contribution in [2.45, 2.75) is 77.9 Å². The van der Waals surface area contributed by atoms with Crippen LogP contribution in [0.4, 0.5) is 0 Å². The molecular weight excluding hydrogens is 1200 g/mol. The molecule has 1 atom stereocenters. The van der Waals surface area contributed by atoms with Gasteiger partial charge in [0.1, 0.15) is 6.04 Å². The van der Waals surface area contributed by atoms with Gasteiger partial charge in [0.25, 0.3) is 5.91 Å². The summed E-state index contributed by atoms with van der Waals surface area (Å²) in [6.07, 6.45) is 0.327. The number of nitrogens with one attached hydrogen (secondary N) is 13. The predicted molar refractivity (Wildman–Crippen MR) is 372 cm³/mol. The van der Waals surface area contributed by atoms with E-state index in [0.29, 0.717) is 121 Å². The van der Waals surface area contributed by atoms with Crippen molar-refractivity contribution in [2.24, 2.45) is 0 Å². The second-order valence-electron chi connectivity index (χ2n) is 20.1. The summed E-state index contributed by atoms with van der Waals surface area (Å²) in [4.78, 5) is 25.4. The SMILES string of the molecule is COC(=O)[C@H](Cc1ccccc1)NC(=O)c1ccc(CNC(=S)NCc2ccc(CNC(=S)NCc3ccc(CNC(=S)NCCNC(=S)NCc4ccc(CNC(=S)NCc5ccc(CNC(=S)NCc6ccccc6)cc5)cc4)cc3)cc2)cc1. The standard InChI is InChI=1S/C65H73N13O3S6/c1-81-59(80)57(34-45-8-4-2-5-9-45)78-58(79)56-30-28-55(29-31-56)44-77-65(87)76-43-54-26-24-53(25-27-54)42-75-64(86)73-40-50-18-14-48(15-19-50)37-69-61(83)67-33-32-66-60(82)68-36-47-12-16-49(17-13-47)39-72-63(85)74-41-52-22-20-51(21-23-52)38-71-62(84)70-35-46-10-6-3-7-11-46/h2-31,57H,32-44H2,1H3,(H,78,79)(H2,66,68,82)(H2,67,69,83)(H2,70,71,84)(H2,72,74,85)(H2,73,75,86)(H2,76,77,87)/t57-/m0/s1. The molecule has 0 heterocycles. The van der Waals surface area contributed by atoms with Crippen LogP contribution in [0.3, 0.4) is 0 Å². The van der Waals surface area contributed by atoms with E-state index in [1.54, 1.807) is 12.1 Å². The highest BCUT2D eigenvalue weighted by molar-refractivity contribution is 7.81. The average Bonchev–Trinajstić information content (AvgIpc) is 3.71. The van der Waals surface area contributed by atoms with Gasteiger partial charge in [0.2, 0.25) is 0 Å². The second-order valence-corrected chi connectivity index (χ2v) is 22.5. The molecule has 0 spiro atoms. The van der Waals surface area contributed by atoms with Crippen LogP contribution < -0.4 is 69.1 Å². The molecule has 0 bridgehead atoms. The van der Waals surface area contributed by atoms with E-state index < -0.39 is 12.0 Å². The Bertz CT molecular complexity index is 3350. The third-order valence-electron chi connectivity index (χ3n) is 13.5. The fourth-order valence-corrected chi connectivity index (χ4v) is 9.37. The maximum Gasteiger partial charge on any atom is 0.328 e. The number of esters is 1.